The lowest BCUT2D eigenvalue weighted by Gasteiger charge is -2.36. The maximum absolute atomic E-state index is 13.0. The molecule has 0 aliphatic carbocycles. The van der Waals surface area contributed by atoms with Crippen LogP contribution in [0.15, 0.2) is 35.2 Å². The summed E-state index contributed by atoms with van der Waals surface area (Å²) in [5.41, 5.74) is 4.26. The Hall–Kier alpha value is -1.27. The molecule has 0 N–H and O–H groups in total. The first-order valence-corrected chi connectivity index (χ1v) is 10.7. The van der Waals surface area contributed by atoms with E-state index in [0.29, 0.717) is 36.8 Å². The highest BCUT2D eigenvalue weighted by atomic mass is 35.5. The number of halogens is 2. The second kappa shape index (κ2) is 7.39. The van der Waals surface area contributed by atoms with Gasteiger partial charge < -0.3 is 4.90 Å². The van der Waals surface area contributed by atoms with Crippen molar-refractivity contribution in [1.82, 2.24) is 4.31 Å². The lowest BCUT2D eigenvalue weighted by Crippen LogP contribution is -2.49. The number of hydrogen-bond acceptors (Lipinski definition) is 3. The van der Waals surface area contributed by atoms with Gasteiger partial charge in [-0.25, -0.2) is 8.42 Å². The molecule has 0 atom stereocenters. The van der Waals surface area contributed by atoms with Crippen molar-refractivity contribution >= 4 is 38.9 Å². The highest BCUT2D eigenvalue weighted by Crippen LogP contribution is 2.31. The Balaban J connectivity index is 1.81. The van der Waals surface area contributed by atoms with Gasteiger partial charge in [-0.2, -0.15) is 4.31 Å². The molecule has 0 amide bonds. The molecule has 1 saturated heterocycles. The van der Waals surface area contributed by atoms with Crippen molar-refractivity contribution in [2.24, 2.45) is 0 Å². The fourth-order valence-electron chi connectivity index (χ4n) is 3.29. The van der Waals surface area contributed by atoms with Crippen LogP contribution in [0.4, 0.5) is 5.69 Å². The van der Waals surface area contributed by atoms with Crippen LogP contribution in [0.5, 0.6) is 0 Å². The number of benzene rings is 2. The van der Waals surface area contributed by atoms with Crippen LogP contribution in [-0.4, -0.2) is 38.9 Å². The summed E-state index contributed by atoms with van der Waals surface area (Å²) in [5.74, 6) is 0. The van der Waals surface area contributed by atoms with Crippen molar-refractivity contribution in [2.45, 2.75) is 25.7 Å². The zero-order valence-electron chi connectivity index (χ0n) is 15.1. The topological polar surface area (TPSA) is 40.6 Å². The molecule has 140 valence electrons. The molecule has 1 fully saturated rings. The summed E-state index contributed by atoms with van der Waals surface area (Å²) in [6, 6.07) is 9.27. The standard InChI is InChI=1S/C19H22Cl2N2O2S/c1-13-5-4-6-18(15(13)3)22-7-9-23(10-8-22)26(24,25)19-12-17(21)16(20)11-14(19)2/h4-6,11-12H,7-10H2,1-3H3. The van der Waals surface area contributed by atoms with Gasteiger partial charge in [0.25, 0.3) is 0 Å². The fraction of sp³-hybridized carbons (Fsp3) is 0.368. The van der Waals surface area contributed by atoms with E-state index in [0.717, 1.165) is 0 Å². The molecule has 2 aromatic rings. The summed E-state index contributed by atoms with van der Waals surface area (Å²) in [6.07, 6.45) is 0. The van der Waals surface area contributed by atoms with Crippen molar-refractivity contribution in [3.05, 3.63) is 57.1 Å². The van der Waals surface area contributed by atoms with Crippen LogP contribution in [-0.2, 0) is 10.0 Å². The van der Waals surface area contributed by atoms with Gasteiger partial charge in [0.15, 0.2) is 0 Å². The van der Waals surface area contributed by atoms with Crippen LogP contribution >= 0.6 is 23.2 Å². The molecular formula is C19H22Cl2N2O2S. The monoisotopic (exact) mass is 412 g/mol. The van der Waals surface area contributed by atoms with E-state index in [-0.39, 0.29) is 9.92 Å². The number of rotatable bonds is 3. The summed E-state index contributed by atoms with van der Waals surface area (Å²) in [5, 5.41) is 0.618. The molecule has 1 aliphatic heterocycles. The fourth-order valence-corrected chi connectivity index (χ4v) is 5.39. The molecule has 0 aromatic heterocycles. The second-order valence-corrected chi connectivity index (χ2v) is 9.36. The highest BCUT2D eigenvalue weighted by molar-refractivity contribution is 7.89. The lowest BCUT2D eigenvalue weighted by molar-refractivity contribution is 0.384. The van der Waals surface area contributed by atoms with Gasteiger partial charge in [-0.05, 0) is 55.7 Å². The van der Waals surface area contributed by atoms with E-state index in [1.807, 2.05) is 6.07 Å². The highest BCUT2D eigenvalue weighted by Gasteiger charge is 2.30. The van der Waals surface area contributed by atoms with Gasteiger partial charge in [0.05, 0.1) is 14.9 Å². The van der Waals surface area contributed by atoms with Crippen molar-refractivity contribution in [2.75, 3.05) is 31.1 Å². The van der Waals surface area contributed by atoms with Gasteiger partial charge in [-0.3, -0.25) is 0 Å². The van der Waals surface area contributed by atoms with Crippen LogP contribution in [0.25, 0.3) is 0 Å². The smallest absolute Gasteiger partial charge is 0.243 e. The maximum Gasteiger partial charge on any atom is 0.243 e. The zero-order chi connectivity index (χ0) is 19.1. The average molecular weight is 413 g/mol. The SMILES string of the molecule is Cc1cc(Cl)c(Cl)cc1S(=O)(=O)N1CCN(c2cccc(C)c2C)CC1. The Bertz CT molecular complexity index is 937. The average Bonchev–Trinajstić information content (AvgIpc) is 2.60. The number of sulfonamides is 1. The van der Waals surface area contributed by atoms with Crippen LogP contribution in [0, 0.1) is 20.8 Å². The molecule has 0 saturated carbocycles. The Morgan fingerprint density at radius 2 is 1.50 bits per heavy atom. The summed E-state index contributed by atoms with van der Waals surface area (Å²) < 4.78 is 27.6. The molecule has 0 unspecified atom stereocenters. The first kappa shape index (κ1) is 19.5. The van der Waals surface area contributed by atoms with Gasteiger partial charge in [-0.1, -0.05) is 35.3 Å². The molecule has 1 heterocycles. The van der Waals surface area contributed by atoms with Crippen LogP contribution in [0.3, 0.4) is 0 Å². The minimum Gasteiger partial charge on any atom is -0.369 e. The molecule has 0 spiro atoms. The Labute approximate surface area is 165 Å². The van der Waals surface area contributed by atoms with E-state index < -0.39 is 10.0 Å². The molecule has 4 nitrogen and oxygen atoms in total. The first-order chi connectivity index (χ1) is 12.2. The number of nitrogens with zero attached hydrogens (tertiary/aromatic N) is 2. The van der Waals surface area contributed by atoms with Gasteiger partial charge in [0, 0.05) is 31.9 Å². The molecule has 0 radical (unpaired) electrons. The summed E-state index contributed by atoms with van der Waals surface area (Å²) >= 11 is 12.0. The molecule has 3 rings (SSSR count). The van der Waals surface area contributed by atoms with Crippen LogP contribution in [0.2, 0.25) is 10.0 Å². The van der Waals surface area contributed by atoms with Crippen molar-refractivity contribution < 1.29 is 8.42 Å². The van der Waals surface area contributed by atoms with E-state index in [9.17, 15) is 8.42 Å². The lowest BCUT2D eigenvalue weighted by atomic mass is 10.1. The Morgan fingerprint density at radius 3 is 2.15 bits per heavy atom. The largest absolute Gasteiger partial charge is 0.369 e. The van der Waals surface area contributed by atoms with E-state index in [1.165, 1.54) is 27.2 Å². The van der Waals surface area contributed by atoms with Gasteiger partial charge in [0.1, 0.15) is 0 Å². The zero-order valence-corrected chi connectivity index (χ0v) is 17.4. The number of anilines is 1. The molecule has 7 heteroatoms. The van der Waals surface area contributed by atoms with Crippen molar-refractivity contribution in [1.29, 1.82) is 0 Å². The molecular weight excluding hydrogens is 391 g/mol. The van der Waals surface area contributed by atoms with Crippen molar-refractivity contribution in [3.63, 3.8) is 0 Å². The third-order valence-electron chi connectivity index (χ3n) is 4.99. The Kier molecular flexibility index (Phi) is 5.54. The summed E-state index contributed by atoms with van der Waals surface area (Å²) in [4.78, 5) is 2.47. The molecule has 1 aliphatic rings. The van der Waals surface area contributed by atoms with Crippen LogP contribution < -0.4 is 4.90 Å². The third kappa shape index (κ3) is 3.58. The molecule has 2 aromatic carbocycles. The van der Waals surface area contributed by atoms with Gasteiger partial charge in [0.2, 0.25) is 10.0 Å². The number of aryl methyl sites for hydroxylation is 2. The predicted molar refractivity (Wildman–Crippen MR) is 108 cm³/mol. The van der Waals surface area contributed by atoms with E-state index in [4.69, 9.17) is 23.2 Å². The van der Waals surface area contributed by atoms with Crippen LogP contribution in [0.1, 0.15) is 16.7 Å². The quantitative estimate of drug-likeness (QED) is 0.748. The maximum atomic E-state index is 13.0. The molecule has 26 heavy (non-hydrogen) atoms. The predicted octanol–water partition coefficient (Wildman–Crippen LogP) is 4.43. The minimum atomic E-state index is -3.59. The van der Waals surface area contributed by atoms with E-state index in [1.54, 1.807) is 13.0 Å². The normalized spacial score (nSPS) is 16.1. The Morgan fingerprint density at radius 1 is 0.885 bits per heavy atom. The first-order valence-electron chi connectivity index (χ1n) is 8.49. The molecule has 0 bridgehead atoms. The second-order valence-electron chi connectivity index (χ2n) is 6.64. The number of hydrogen-bond donors (Lipinski definition) is 0. The number of piperazine rings is 1. The van der Waals surface area contributed by atoms with Crippen molar-refractivity contribution in [3.8, 4) is 0 Å². The summed E-state index contributed by atoms with van der Waals surface area (Å²) in [7, 11) is -3.59. The van der Waals surface area contributed by atoms with E-state index in [2.05, 4.69) is 30.9 Å². The minimum absolute atomic E-state index is 0.229. The summed E-state index contributed by atoms with van der Waals surface area (Å²) in [6.45, 7) is 8.12. The third-order valence-corrected chi connectivity index (χ3v) is 7.75. The van der Waals surface area contributed by atoms with Gasteiger partial charge in [-0.15, -0.1) is 0 Å². The van der Waals surface area contributed by atoms with E-state index >= 15 is 0 Å². The van der Waals surface area contributed by atoms with Gasteiger partial charge >= 0.3 is 0 Å².